The van der Waals surface area contributed by atoms with E-state index in [0.717, 1.165) is 23.3 Å². The molecule has 26 heavy (non-hydrogen) atoms. The van der Waals surface area contributed by atoms with Gasteiger partial charge in [0, 0.05) is 26.3 Å². The quantitative estimate of drug-likeness (QED) is 0.373. The maximum absolute atomic E-state index is 11.2. The Labute approximate surface area is 172 Å². The van der Waals surface area contributed by atoms with Gasteiger partial charge in [0.2, 0.25) is 10.0 Å². The first-order chi connectivity index (χ1) is 11.8. The standard InChI is InChI=1S/C18H24N4O2S.HI/c1-22(2)18(19-13-15-7-5-4-6-8-15)20-14-16-9-11-17(12-10-16)21-25(3,23)24;/h4-12,21H,13-14H2,1-3H3,(H,19,20);1H. The first-order valence-corrected chi connectivity index (χ1v) is 9.79. The molecule has 0 aliphatic rings. The van der Waals surface area contributed by atoms with Crippen molar-refractivity contribution in [1.82, 2.24) is 10.2 Å². The first-order valence-electron chi connectivity index (χ1n) is 7.90. The summed E-state index contributed by atoms with van der Waals surface area (Å²) in [5.41, 5.74) is 2.74. The molecule has 0 saturated carbocycles. The molecule has 0 heterocycles. The minimum absolute atomic E-state index is 0. The molecule has 2 aromatic carbocycles. The second kappa shape index (κ2) is 10.4. The van der Waals surface area contributed by atoms with E-state index in [0.29, 0.717) is 18.8 Å². The molecule has 0 amide bonds. The van der Waals surface area contributed by atoms with E-state index in [4.69, 9.17) is 0 Å². The summed E-state index contributed by atoms with van der Waals surface area (Å²) in [4.78, 5) is 6.55. The highest BCUT2D eigenvalue weighted by atomic mass is 127. The lowest BCUT2D eigenvalue weighted by Crippen LogP contribution is -2.36. The molecular formula is C18H25IN4O2S. The molecule has 2 N–H and O–H groups in total. The number of benzene rings is 2. The fraction of sp³-hybridized carbons (Fsp3) is 0.278. The first kappa shape index (κ1) is 22.2. The Kier molecular flexibility index (Phi) is 8.86. The molecule has 2 aromatic rings. The molecule has 6 nitrogen and oxygen atoms in total. The molecular weight excluding hydrogens is 463 g/mol. The molecule has 8 heteroatoms. The molecule has 0 aliphatic heterocycles. The van der Waals surface area contributed by atoms with Crippen LogP contribution in [0.25, 0.3) is 0 Å². The summed E-state index contributed by atoms with van der Waals surface area (Å²) in [6, 6.07) is 17.3. The average molecular weight is 488 g/mol. The molecule has 0 spiro atoms. The average Bonchev–Trinajstić information content (AvgIpc) is 2.55. The van der Waals surface area contributed by atoms with E-state index in [9.17, 15) is 8.42 Å². The van der Waals surface area contributed by atoms with E-state index in [-0.39, 0.29) is 24.0 Å². The van der Waals surface area contributed by atoms with Crippen LogP contribution in [0.15, 0.2) is 59.6 Å². The molecule has 2 rings (SSSR count). The van der Waals surface area contributed by atoms with Crippen LogP contribution in [-0.2, 0) is 23.1 Å². The predicted octanol–water partition coefficient (Wildman–Crippen LogP) is 2.88. The van der Waals surface area contributed by atoms with Crippen molar-refractivity contribution >= 4 is 45.6 Å². The maximum Gasteiger partial charge on any atom is 0.229 e. The van der Waals surface area contributed by atoms with Gasteiger partial charge in [0.05, 0.1) is 12.8 Å². The highest BCUT2D eigenvalue weighted by molar-refractivity contribution is 14.0. The summed E-state index contributed by atoms with van der Waals surface area (Å²) in [6.07, 6.45) is 1.13. The largest absolute Gasteiger partial charge is 0.352 e. The summed E-state index contributed by atoms with van der Waals surface area (Å²) in [6.45, 7) is 1.21. The molecule has 0 saturated heterocycles. The second-order valence-corrected chi connectivity index (χ2v) is 7.69. The van der Waals surface area contributed by atoms with Crippen LogP contribution in [0.3, 0.4) is 0 Å². The van der Waals surface area contributed by atoms with E-state index < -0.39 is 10.0 Å². The smallest absolute Gasteiger partial charge is 0.229 e. The van der Waals surface area contributed by atoms with E-state index in [1.165, 1.54) is 0 Å². The number of rotatable bonds is 6. The molecule has 142 valence electrons. The number of nitrogens with one attached hydrogen (secondary N) is 2. The summed E-state index contributed by atoms with van der Waals surface area (Å²) in [5.74, 6) is 0.794. The van der Waals surface area contributed by atoms with E-state index in [2.05, 4.69) is 15.0 Å². The Morgan fingerprint density at radius 2 is 1.62 bits per heavy atom. The number of hydrogen-bond donors (Lipinski definition) is 2. The Morgan fingerprint density at radius 3 is 2.15 bits per heavy atom. The zero-order valence-electron chi connectivity index (χ0n) is 15.1. The summed E-state index contributed by atoms with van der Waals surface area (Å²) >= 11 is 0. The maximum atomic E-state index is 11.2. The van der Waals surface area contributed by atoms with Gasteiger partial charge < -0.3 is 10.2 Å². The van der Waals surface area contributed by atoms with Gasteiger partial charge >= 0.3 is 0 Å². The van der Waals surface area contributed by atoms with Crippen LogP contribution in [0, 0.1) is 0 Å². The van der Waals surface area contributed by atoms with Crippen molar-refractivity contribution in [3.05, 3.63) is 65.7 Å². The van der Waals surface area contributed by atoms with Crippen LogP contribution >= 0.6 is 24.0 Å². The van der Waals surface area contributed by atoms with Crippen molar-refractivity contribution in [2.45, 2.75) is 13.1 Å². The third-order valence-corrected chi connectivity index (χ3v) is 3.99. The zero-order valence-corrected chi connectivity index (χ0v) is 18.3. The fourth-order valence-corrected chi connectivity index (χ4v) is 2.76. The SMILES string of the molecule is CN(C)C(=NCc1ccccc1)NCc1ccc(NS(C)(=O)=O)cc1.I. The van der Waals surface area contributed by atoms with Gasteiger partial charge in [-0.3, -0.25) is 4.72 Å². The lowest BCUT2D eigenvalue weighted by molar-refractivity contribution is 0.578. The van der Waals surface area contributed by atoms with Gasteiger partial charge in [-0.2, -0.15) is 0 Å². The minimum Gasteiger partial charge on any atom is -0.352 e. The van der Waals surface area contributed by atoms with Gasteiger partial charge in [-0.1, -0.05) is 42.5 Å². The van der Waals surface area contributed by atoms with E-state index >= 15 is 0 Å². The van der Waals surface area contributed by atoms with Crippen molar-refractivity contribution in [1.29, 1.82) is 0 Å². The number of halogens is 1. The van der Waals surface area contributed by atoms with Gasteiger partial charge in [-0.15, -0.1) is 24.0 Å². The lowest BCUT2D eigenvalue weighted by atomic mass is 10.2. The monoisotopic (exact) mass is 488 g/mol. The second-order valence-electron chi connectivity index (χ2n) is 5.94. The number of aliphatic imine (C=N–C) groups is 1. The van der Waals surface area contributed by atoms with Gasteiger partial charge in [-0.25, -0.2) is 13.4 Å². The van der Waals surface area contributed by atoms with Crippen LogP contribution in [0.4, 0.5) is 5.69 Å². The van der Waals surface area contributed by atoms with Gasteiger partial charge in [0.1, 0.15) is 0 Å². The Bertz CT molecular complexity index is 807. The lowest BCUT2D eigenvalue weighted by Gasteiger charge is -2.18. The van der Waals surface area contributed by atoms with Crippen molar-refractivity contribution in [3.8, 4) is 0 Å². The van der Waals surface area contributed by atoms with Crippen LogP contribution in [0.5, 0.6) is 0 Å². The molecule has 0 bridgehead atoms. The van der Waals surface area contributed by atoms with Gasteiger partial charge in [0.15, 0.2) is 5.96 Å². The van der Waals surface area contributed by atoms with Crippen molar-refractivity contribution in [3.63, 3.8) is 0 Å². The normalized spacial score (nSPS) is 11.4. The third-order valence-electron chi connectivity index (χ3n) is 3.39. The van der Waals surface area contributed by atoms with Crippen LogP contribution in [-0.4, -0.2) is 39.6 Å². The van der Waals surface area contributed by atoms with E-state index in [1.807, 2.05) is 61.5 Å². The molecule has 0 radical (unpaired) electrons. The van der Waals surface area contributed by atoms with Crippen molar-refractivity contribution in [2.24, 2.45) is 4.99 Å². The number of guanidine groups is 1. The van der Waals surface area contributed by atoms with Crippen molar-refractivity contribution < 1.29 is 8.42 Å². The highest BCUT2D eigenvalue weighted by Crippen LogP contribution is 2.11. The van der Waals surface area contributed by atoms with Gasteiger partial charge in [-0.05, 0) is 23.3 Å². The van der Waals surface area contributed by atoms with Gasteiger partial charge in [0.25, 0.3) is 0 Å². The Hall–Kier alpha value is -1.81. The summed E-state index contributed by atoms with van der Waals surface area (Å²) in [7, 11) is 0.629. The fourth-order valence-electron chi connectivity index (χ4n) is 2.19. The number of sulfonamides is 1. The topological polar surface area (TPSA) is 73.8 Å². The summed E-state index contributed by atoms with van der Waals surface area (Å²) < 4.78 is 24.9. The zero-order chi connectivity index (χ0) is 18.3. The molecule has 0 unspecified atom stereocenters. The van der Waals surface area contributed by atoms with E-state index in [1.54, 1.807) is 12.1 Å². The Balaban J connectivity index is 0.00000338. The third kappa shape index (κ3) is 8.05. The molecule has 0 aliphatic carbocycles. The van der Waals surface area contributed by atoms with Crippen LogP contribution < -0.4 is 10.0 Å². The summed E-state index contributed by atoms with van der Waals surface area (Å²) in [5, 5.41) is 3.31. The number of hydrogen-bond acceptors (Lipinski definition) is 3. The highest BCUT2D eigenvalue weighted by Gasteiger charge is 2.04. The predicted molar refractivity (Wildman–Crippen MR) is 118 cm³/mol. The van der Waals surface area contributed by atoms with Crippen LogP contribution in [0.1, 0.15) is 11.1 Å². The van der Waals surface area contributed by atoms with Crippen molar-refractivity contribution in [2.75, 3.05) is 25.1 Å². The minimum atomic E-state index is -3.25. The van der Waals surface area contributed by atoms with Crippen LogP contribution in [0.2, 0.25) is 0 Å². The Morgan fingerprint density at radius 1 is 1.00 bits per heavy atom. The molecule has 0 aromatic heterocycles. The molecule has 0 atom stereocenters. The number of nitrogens with zero attached hydrogens (tertiary/aromatic N) is 2. The number of anilines is 1. The molecule has 0 fully saturated rings.